The SMILES string of the molecule is C=C(CO)[C@H]1CC[C@]2(O)CC[C@@]3(C)[C@H](CC[C@H]4[C@]5(C)CC[C@H](O)C(C)(C)[C@@H]5CC[C@@]43C)[C@@H]12. The van der Waals surface area contributed by atoms with Crippen molar-refractivity contribution in [2.75, 3.05) is 6.61 Å². The average molecular weight is 445 g/mol. The van der Waals surface area contributed by atoms with Crippen LogP contribution < -0.4 is 0 Å². The Hall–Kier alpha value is -0.380. The molecule has 5 rings (SSSR count). The smallest absolute Gasteiger partial charge is 0.0684 e. The number of rotatable bonds is 2. The summed E-state index contributed by atoms with van der Waals surface area (Å²) in [6.45, 7) is 16.7. The van der Waals surface area contributed by atoms with Crippen molar-refractivity contribution in [2.45, 2.75) is 111 Å². The summed E-state index contributed by atoms with van der Waals surface area (Å²) in [5.41, 5.74) is 1.17. The van der Waals surface area contributed by atoms with Crippen molar-refractivity contribution in [1.82, 2.24) is 0 Å². The van der Waals surface area contributed by atoms with Crippen LogP contribution in [-0.2, 0) is 0 Å². The van der Waals surface area contributed by atoms with Gasteiger partial charge in [0.2, 0.25) is 0 Å². The minimum Gasteiger partial charge on any atom is -0.393 e. The first-order valence-corrected chi connectivity index (χ1v) is 13.5. The van der Waals surface area contributed by atoms with Gasteiger partial charge in [0.05, 0.1) is 18.3 Å². The van der Waals surface area contributed by atoms with Gasteiger partial charge in [0.1, 0.15) is 0 Å². The van der Waals surface area contributed by atoms with Gasteiger partial charge in [0, 0.05) is 0 Å². The normalized spacial score (nSPS) is 56.5. The molecule has 182 valence electrons. The maximum Gasteiger partial charge on any atom is 0.0684 e. The molecule has 0 aliphatic heterocycles. The first-order chi connectivity index (χ1) is 14.8. The maximum absolute atomic E-state index is 11.7. The molecule has 0 heterocycles. The highest BCUT2D eigenvalue weighted by Crippen LogP contribution is 2.76. The zero-order valence-corrected chi connectivity index (χ0v) is 21.3. The number of hydrogen-bond acceptors (Lipinski definition) is 3. The Morgan fingerprint density at radius 3 is 2.22 bits per heavy atom. The summed E-state index contributed by atoms with van der Waals surface area (Å²) in [4.78, 5) is 0. The lowest BCUT2D eigenvalue weighted by Gasteiger charge is -2.72. The first-order valence-electron chi connectivity index (χ1n) is 13.5. The van der Waals surface area contributed by atoms with Crippen molar-refractivity contribution in [3.05, 3.63) is 12.2 Å². The van der Waals surface area contributed by atoms with Gasteiger partial charge in [-0.2, -0.15) is 0 Å². The standard InChI is InChI=1S/C29H48O3/c1-18(17-30)19-9-14-29(32)16-15-27(5)20(24(19)29)7-8-22-26(4)12-11-23(31)25(2,3)21(26)10-13-28(22,27)6/h19-24,30-32H,1,7-17H2,2-6H3/t19-,20-,21+,22+,23+,24-,26-,27+,28+,29+/m1/s1. The lowest BCUT2D eigenvalue weighted by atomic mass is 9.33. The molecule has 0 saturated heterocycles. The molecule has 5 aliphatic rings. The maximum atomic E-state index is 11.7. The van der Waals surface area contributed by atoms with Crippen LogP contribution in [0.4, 0.5) is 0 Å². The van der Waals surface area contributed by atoms with Crippen molar-refractivity contribution in [1.29, 1.82) is 0 Å². The first kappa shape index (κ1) is 23.4. The second-order valence-electron chi connectivity index (χ2n) is 14.1. The third kappa shape index (κ3) is 2.71. The van der Waals surface area contributed by atoms with Crippen LogP contribution in [-0.4, -0.2) is 33.6 Å². The molecule has 0 bridgehead atoms. The summed E-state index contributed by atoms with van der Waals surface area (Å²) in [5.74, 6) is 2.32. The fourth-order valence-electron chi connectivity index (χ4n) is 11.1. The van der Waals surface area contributed by atoms with Gasteiger partial charge in [-0.15, -0.1) is 0 Å². The molecule has 0 aromatic carbocycles. The largest absolute Gasteiger partial charge is 0.393 e. The van der Waals surface area contributed by atoms with Gasteiger partial charge in [0.15, 0.2) is 0 Å². The van der Waals surface area contributed by atoms with E-state index in [-0.39, 0.29) is 40.8 Å². The van der Waals surface area contributed by atoms with Gasteiger partial charge in [-0.25, -0.2) is 0 Å². The zero-order valence-electron chi connectivity index (χ0n) is 21.3. The van der Waals surface area contributed by atoms with Gasteiger partial charge in [-0.3, -0.25) is 0 Å². The van der Waals surface area contributed by atoms with E-state index in [2.05, 4.69) is 41.2 Å². The molecule has 5 fully saturated rings. The predicted molar refractivity (Wildman–Crippen MR) is 129 cm³/mol. The van der Waals surface area contributed by atoms with E-state index in [1.54, 1.807) is 0 Å². The van der Waals surface area contributed by atoms with Crippen LogP contribution in [0.15, 0.2) is 12.2 Å². The Labute approximate surface area is 196 Å². The van der Waals surface area contributed by atoms with E-state index in [4.69, 9.17) is 0 Å². The molecule has 3 N–H and O–H groups in total. The van der Waals surface area contributed by atoms with Gasteiger partial charge in [-0.1, -0.05) is 41.2 Å². The second kappa shape index (κ2) is 7.08. The Balaban J connectivity index is 1.53. The molecular formula is C29H48O3. The highest BCUT2D eigenvalue weighted by atomic mass is 16.3. The fraction of sp³-hybridized carbons (Fsp3) is 0.931. The quantitative estimate of drug-likeness (QED) is 0.477. The lowest BCUT2D eigenvalue weighted by molar-refractivity contribution is -0.254. The zero-order chi connectivity index (χ0) is 23.3. The van der Waals surface area contributed by atoms with Crippen LogP contribution in [0.1, 0.15) is 98.8 Å². The van der Waals surface area contributed by atoms with Gasteiger partial charge < -0.3 is 15.3 Å². The summed E-state index contributed by atoms with van der Waals surface area (Å²) in [7, 11) is 0. The second-order valence-corrected chi connectivity index (χ2v) is 14.1. The molecule has 0 unspecified atom stereocenters. The summed E-state index contributed by atoms with van der Waals surface area (Å²) < 4.78 is 0. The van der Waals surface area contributed by atoms with Crippen LogP contribution >= 0.6 is 0 Å². The fourth-order valence-corrected chi connectivity index (χ4v) is 11.1. The Bertz CT molecular complexity index is 789. The molecule has 0 aromatic heterocycles. The van der Waals surface area contributed by atoms with E-state index in [0.29, 0.717) is 23.2 Å². The van der Waals surface area contributed by atoms with E-state index in [1.165, 1.54) is 25.7 Å². The van der Waals surface area contributed by atoms with Crippen molar-refractivity contribution in [3.8, 4) is 0 Å². The number of hydrogen-bond donors (Lipinski definition) is 3. The lowest BCUT2D eigenvalue weighted by Crippen LogP contribution is -2.67. The van der Waals surface area contributed by atoms with Crippen LogP contribution in [0.5, 0.6) is 0 Å². The minimum atomic E-state index is -0.561. The number of fused-ring (bicyclic) bond motifs is 7. The summed E-state index contributed by atoms with van der Waals surface area (Å²) >= 11 is 0. The van der Waals surface area contributed by atoms with E-state index < -0.39 is 5.60 Å². The average Bonchev–Trinajstić information content (AvgIpc) is 3.09. The van der Waals surface area contributed by atoms with Crippen molar-refractivity contribution in [3.63, 3.8) is 0 Å². The molecule has 0 spiro atoms. The van der Waals surface area contributed by atoms with Crippen LogP contribution in [0.25, 0.3) is 0 Å². The van der Waals surface area contributed by atoms with E-state index in [1.807, 2.05) is 0 Å². The molecule has 5 saturated carbocycles. The Morgan fingerprint density at radius 1 is 0.812 bits per heavy atom. The molecule has 0 amide bonds. The topological polar surface area (TPSA) is 60.7 Å². The minimum absolute atomic E-state index is 0.00564. The summed E-state index contributed by atoms with van der Waals surface area (Å²) in [6, 6.07) is 0. The van der Waals surface area contributed by atoms with Crippen molar-refractivity contribution < 1.29 is 15.3 Å². The van der Waals surface area contributed by atoms with E-state index >= 15 is 0 Å². The number of aliphatic hydroxyl groups is 3. The molecule has 0 radical (unpaired) electrons. The van der Waals surface area contributed by atoms with Crippen LogP contribution in [0.2, 0.25) is 0 Å². The molecule has 3 nitrogen and oxygen atoms in total. The highest BCUT2D eigenvalue weighted by molar-refractivity contribution is 5.22. The van der Waals surface area contributed by atoms with Crippen LogP contribution in [0.3, 0.4) is 0 Å². The Kier molecular flexibility index (Phi) is 5.17. The highest BCUT2D eigenvalue weighted by Gasteiger charge is 2.70. The summed E-state index contributed by atoms with van der Waals surface area (Å²) in [5, 5.41) is 32.5. The van der Waals surface area contributed by atoms with Gasteiger partial charge in [0.25, 0.3) is 0 Å². The van der Waals surface area contributed by atoms with E-state index in [0.717, 1.165) is 44.1 Å². The Morgan fingerprint density at radius 2 is 1.53 bits per heavy atom. The predicted octanol–water partition coefficient (Wildman–Crippen LogP) is 5.72. The summed E-state index contributed by atoms with van der Waals surface area (Å²) in [6.07, 6.45) is 10.7. The monoisotopic (exact) mass is 444 g/mol. The molecule has 3 heteroatoms. The van der Waals surface area contributed by atoms with E-state index in [9.17, 15) is 15.3 Å². The molecular weight excluding hydrogens is 396 g/mol. The molecule has 10 atom stereocenters. The van der Waals surface area contributed by atoms with Crippen molar-refractivity contribution >= 4 is 0 Å². The molecule has 0 aromatic rings. The number of aliphatic hydroxyl groups excluding tert-OH is 2. The van der Waals surface area contributed by atoms with Gasteiger partial charge >= 0.3 is 0 Å². The third-order valence-electron chi connectivity index (χ3n) is 13.1. The van der Waals surface area contributed by atoms with Gasteiger partial charge in [-0.05, 0) is 121 Å². The van der Waals surface area contributed by atoms with Crippen LogP contribution in [0, 0.1) is 51.2 Å². The molecule has 32 heavy (non-hydrogen) atoms. The third-order valence-corrected chi connectivity index (χ3v) is 13.1. The van der Waals surface area contributed by atoms with Crippen molar-refractivity contribution in [2.24, 2.45) is 51.2 Å². The molecule has 5 aliphatic carbocycles.